The number of para-hydroxylation sites is 1. The molecule has 1 heterocycles. The van der Waals surface area contributed by atoms with Gasteiger partial charge in [-0.1, -0.05) is 25.1 Å². The number of alkyl halides is 3. The number of nitrogens with one attached hydrogen (secondary N) is 1. The second kappa shape index (κ2) is 8.65. The zero-order valence-electron chi connectivity index (χ0n) is 16.2. The zero-order chi connectivity index (χ0) is 22.1. The van der Waals surface area contributed by atoms with Crippen molar-refractivity contribution in [3.63, 3.8) is 0 Å². The number of fused-ring (bicyclic) bond motifs is 3. The Morgan fingerprint density at radius 2 is 1.97 bits per heavy atom. The smallest absolute Gasteiger partial charge is 0.406 e. The number of nitrogens with zero attached hydrogens (tertiary/aromatic N) is 1. The van der Waals surface area contributed by atoms with Gasteiger partial charge in [0.1, 0.15) is 24.5 Å². The van der Waals surface area contributed by atoms with E-state index in [1.54, 1.807) is 24.3 Å². The fourth-order valence-electron chi connectivity index (χ4n) is 3.95. The first kappa shape index (κ1) is 22.1. The van der Waals surface area contributed by atoms with E-state index in [0.717, 1.165) is 0 Å². The monoisotopic (exact) mass is 428 g/mol. The van der Waals surface area contributed by atoms with Crippen LogP contribution in [0.3, 0.4) is 0 Å². The van der Waals surface area contributed by atoms with Gasteiger partial charge < -0.3 is 25.2 Å². The second-order valence-electron chi connectivity index (χ2n) is 7.17. The van der Waals surface area contributed by atoms with E-state index < -0.39 is 48.7 Å². The number of carbonyl (C=O) groups is 2. The Balaban J connectivity index is 2.06. The quantitative estimate of drug-likeness (QED) is 0.631. The summed E-state index contributed by atoms with van der Waals surface area (Å²) in [4.78, 5) is 25.6. The summed E-state index contributed by atoms with van der Waals surface area (Å²) in [5.41, 5.74) is 0.708. The molecule has 4 atom stereocenters. The highest BCUT2D eigenvalue weighted by atomic mass is 19.4. The topological polar surface area (TPSA) is 99.1 Å². The van der Waals surface area contributed by atoms with Crippen LogP contribution in [0.15, 0.2) is 35.9 Å². The molecule has 0 radical (unpaired) electrons. The first-order valence-corrected chi connectivity index (χ1v) is 9.58. The molecule has 1 aromatic rings. The molecule has 0 aromatic heterocycles. The normalized spacial score (nSPS) is 24.9. The number of amides is 2. The minimum atomic E-state index is -4.69. The first-order valence-electron chi connectivity index (χ1n) is 9.58. The van der Waals surface area contributed by atoms with E-state index in [0.29, 0.717) is 16.2 Å². The molecule has 0 bridgehead atoms. The van der Waals surface area contributed by atoms with E-state index in [-0.39, 0.29) is 25.1 Å². The molecule has 2 amide bonds. The first-order chi connectivity index (χ1) is 14.2. The molecule has 3 N–H and O–H groups in total. The maximum Gasteiger partial charge on any atom is 0.406 e. The van der Waals surface area contributed by atoms with E-state index in [9.17, 15) is 27.9 Å². The Morgan fingerprint density at radius 1 is 1.27 bits per heavy atom. The van der Waals surface area contributed by atoms with Crippen molar-refractivity contribution in [1.29, 1.82) is 0 Å². The van der Waals surface area contributed by atoms with Gasteiger partial charge in [0.05, 0.1) is 18.6 Å². The minimum Gasteiger partial charge on any atom is -0.486 e. The van der Waals surface area contributed by atoms with Crippen LogP contribution < -0.4 is 10.1 Å². The lowest BCUT2D eigenvalue weighted by atomic mass is 9.77. The van der Waals surface area contributed by atoms with Crippen molar-refractivity contribution >= 4 is 11.8 Å². The lowest BCUT2D eigenvalue weighted by Crippen LogP contribution is -2.57. The van der Waals surface area contributed by atoms with Gasteiger partial charge in [-0.25, -0.2) is 0 Å². The van der Waals surface area contributed by atoms with E-state index in [4.69, 9.17) is 9.84 Å². The highest BCUT2D eigenvalue weighted by Gasteiger charge is 2.51. The Morgan fingerprint density at radius 3 is 2.60 bits per heavy atom. The molecule has 0 saturated heterocycles. The largest absolute Gasteiger partial charge is 0.486 e. The van der Waals surface area contributed by atoms with Crippen LogP contribution in [-0.2, 0) is 9.59 Å². The summed E-state index contributed by atoms with van der Waals surface area (Å²) in [7, 11) is 0. The third-order valence-electron chi connectivity index (χ3n) is 5.21. The molecule has 4 unspecified atom stereocenters. The number of halogens is 3. The lowest BCUT2D eigenvalue weighted by Gasteiger charge is -2.40. The number of rotatable bonds is 6. The molecule has 164 valence electrons. The van der Waals surface area contributed by atoms with Gasteiger partial charge in [0, 0.05) is 24.1 Å². The maximum absolute atomic E-state index is 13.2. The van der Waals surface area contributed by atoms with E-state index >= 15 is 0 Å². The molecule has 30 heavy (non-hydrogen) atoms. The molecule has 3 rings (SSSR count). The molecule has 0 fully saturated rings. The number of hydrogen-bond donors (Lipinski definition) is 3. The summed E-state index contributed by atoms with van der Waals surface area (Å²) >= 11 is 0. The van der Waals surface area contributed by atoms with Crippen LogP contribution in [0.2, 0.25) is 0 Å². The zero-order valence-corrected chi connectivity index (χ0v) is 16.2. The summed E-state index contributed by atoms with van der Waals surface area (Å²) in [5, 5.41) is 22.4. The predicted octanol–water partition coefficient (Wildman–Crippen LogP) is 1.11. The number of aliphatic hydroxyl groups excluding tert-OH is 2. The second-order valence-corrected chi connectivity index (χ2v) is 7.17. The molecule has 0 spiro atoms. The molecular weight excluding hydrogens is 405 g/mol. The van der Waals surface area contributed by atoms with Gasteiger partial charge in [-0.15, -0.1) is 0 Å². The summed E-state index contributed by atoms with van der Waals surface area (Å²) in [5.74, 6) is -1.71. The van der Waals surface area contributed by atoms with Gasteiger partial charge in [-0.3, -0.25) is 9.59 Å². The van der Waals surface area contributed by atoms with Crippen LogP contribution >= 0.6 is 0 Å². The number of benzene rings is 1. The lowest BCUT2D eigenvalue weighted by molar-refractivity contribution is -0.170. The molecule has 1 aliphatic carbocycles. The Bertz CT molecular complexity index is 842. The highest BCUT2D eigenvalue weighted by molar-refractivity contribution is 5.96. The van der Waals surface area contributed by atoms with Crippen LogP contribution in [-0.4, -0.2) is 71.0 Å². The number of ether oxygens (including phenoxy) is 1. The summed E-state index contributed by atoms with van der Waals surface area (Å²) in [6.07, 6.45) is -6.19. The Kier molecular flexibility index (Phi) is 6.37. The fourth-order valence-corrected chi connectivity index (χ4v) is 3.95. The predicted molar refractivity (Wildman–Crippen MR) is 99.6 cm³/mol. The van der Waals surface area contributed by atoms with Gasteiger partial charge in [-0.2, -0.15) is 13.2 Å². The van der Waals surface area contributed by atoms with Gasteiger partial charge in [-0.05, 0) is 12.1 Å². The molecule has 1 aliphatic heterocycles. The fraction of sp³-hybridized carbons (Fsp3) is 0.500. The van der Waals surface area contributed by atoms with Crippen molar-refractivity contribution in [3.05, 3.63) is 41.5 Å². The van der Waals surface area contributed by atoms with Gasteiger partial charge in [0.2, 0.25) is 11.8 Å². The SMILES string of the molecule is CCC(=O)N(CC(F)(F)F)C1C=C(C(=O)NCCO)C2c3ccccc3OC2C1O. The van der Waals surface area contributed by atoms with Crippen molar-refractivity contribution in [2.75, 3.05) is 19.7 Å². The standard InChI is InChI=1S/C20H23F3N2O5/c1-2-15(27)25(10-20(21,22)23)13-9-12(19(29)24-7-8-26)16-11-5-3-4-6-14(11)30-18(16)17(13)28/h3-6,9,13,16-18,26,28H,2,7-8,10H2,1H3,(H,24,29). The maximum atomic E-state index is 13.2. The van der Waals surface area contributed by atoms with Crippen LogP contribution in [0.5, 0.6) is 5.75 Å². The summed E-state index contributed by atoms with van der Waals surface area (Å²) < 4.78 is 45.3. The number of aliphatic hydroxyl groups is 2. The third-order valence-corrected chi connectivity index (χ3v) is 5.21. The molecule has 1 aromatic carbocycles. The third kappa shape index (κ3) is 4.29. The molecule has 0 saturated carbocycles. The Labute approximate surface area is 171 Å². The summed E-state index contributed by atoms with van der Waals surface area (Å²) in [6, 6.07) is 5.38. The molecule has 7 nitrogen and oxygen atoms in total. The van der Waals surface area contributed by atoms with Gasteiger partial charge >= 0.3 is 6.18 Å². The van der Waals surface area contributed by atoms with Crippen LogP contribution in [0, 0.1) is 0 Å². The average Bonchev–Trinajstić information content (AvgIpc) is 3.10. The minimum absolute atomic E-state index is 0.0521. The Hall–Kier alpha value is -2.59. The molecule has 10 heteroatoms. The van der Waals surface area contributed by atoms with Gasteiger partial charge in [0.25, 0.3) is 0 Å². The van der Waals surface area contributed by atoms with Crippen molar-refractivity contribution in [1.82, 2.24) is 10.2 Å². The number of carbonyl (C=O) groups excluding carboxylic acids is 2. The average molecular weight is 428 g/mol. The number of hydrogen-bond acceptors (Lipinski definition) is 5. The van der Waals surface area contributed by atoms with E-state index in [1.807, 2.05) is 0 Å². The molecular formula is C20H23F3N2O5. The summed E-state index contributed by atoms with van der Waals surface area (Å²) in [6.45, 7) is -0.512. The van der Waals surface area contributed by atoms with Crippen molar-refractivity contribution < 1.29 is 37.7 Å². The van der Waals surface area contributed by atoms with Crippen molar-refractivity contribution in [2.24, 2.45) is 0 Å². The van der Waals surface area contributed by atoms with Crippen LogP contribution in [0.1, 0.15) is 24.8 Å². The van der Waals surface area contributed by atoms with Crippen molar-refractivity contribution in [2.45, 2.75) is 43.7 Å². The van der Waals surface area contributed by atoms with Crippen molar-refractivity contribution in [3.8, 4) is 5.75 Å². The van der Waals surface area contributed by atoms with E-state index in [1.165, 1.54) is 13.0 Å². The van der Waals surface area contributed by atoms with Crippen LogP contribution in [0.25, 0.3) is 0 Å². The van der Waals surface area contributed by atoms with Crippen LogP contribution in [0.4, 0.5) is 13.2 Å². The molecule has 2 aliphatic rings. The van der Waals surface area contributed by atoms with Gasteiger partial charge in [0.15, 0.2) is 0 Å². The highest BCUT2D eigenvalue weighted by Crippen LogP contribution is 2.47. The van der Waals surface area contributed by atoms with E-state index in [2.05, 4.69) is 5.32 Å².